The number of rotatable bonds is 21. The zero-order valence-corrected chi connectivity index (χ0v) is 24.8. The summed E-state index contributed by atoms with van der Waals surface area (Å²) in [6, 6.07) is 10.1. The quantitative estimate of drug-likeness (QED) is 0.101. The molecule has 1 atom stereocenters. The molecule has 0 aliphatic rings. The van der Waals surface area contributed by atoms with E-state index in [9.17, 15) is 18.7 Å². The van der Waals surface area contributed by atoms with Gasteiger partial charge in [0.1, 0.15) is 42.2 Å². The van der Waals surface area contributed by atoms with Crippen LogP contribution in [0.3, 0.4) is 0 Å². The molecule has 0 radical (unpaired) electrons. The fourth-order valence-electron chi connectivity index (χ4n) is 4.95. The molecule has 1 unspecified atom stereocenters. The first-order valence-electron chi connectivity index (χ1n) is 15.3. The van der Waals surface area contributed by atoms with E-state index in [-0.39, 0.29) is 24.5 Å². The Kier molecular flexibility index (Phi) is 14.4. The van der Waals surface area contributed by atoms with Crippen molar-refractivity contribution in [1.29, 1.82) is 0 Å². The van der Waals surface area contributed by atoms with E-state index in [1.807, 2.05) is 0 Å². The molecule has 1 aromatic heterocycles. The first-order chi connectivity index (χ1) is 20.4. The minimum atomic E-state index is -1.83. The number of benzene rings is 2. The number of unbranched alkanes of at least 4 members (excludes halogenated alkanes) is 11. The number of allylic oxidation sites excluding steroid dienone is 1. The Morgan fingerprint density at radius 3 is 2.17 bits per heavy atom. The summed E-state index contributed by atoms with van der Waals surface area (Å²) in [4.78, 5) is 16.1. The second kappa shape index (κ2) is 18.2. The molecule has 0 bridgehead atoms. The topological polar surface area (TPSA) is 77.2 Å². The van der Waals surface area contributed by atoms with Crippen LogP contribution in [-0.2, 0) is 16.9 Å². The maximum atomic E-state index is 14.6. The van der Waals surface area contributed by atoms with Crippen LogP contribution >= 0.6 is 0 Å². The third-order valence-corrected chi connectivity index (χ3v) is 7.42. The number of hydrogen-bond acceptors (Lipinski definition) is 5. The van der Waals surface area contributed by atoms with Crippen molar-refractivity contribution in [3.05, 3.63) is 84.0 Å². The lowest BCUT2D eigenvalue weighted by Gasteiger charge is -2.29. The van der Waals surface area contributed by atoms with Crippen molar-refractivity contribution < 1.29 is 23.4 Å². The Morgan fingerprint density at radius 1 is 0.929 bits per heavy atom. The molecule has 2 aromatic carbocycles. The molecule has 3 aromatic rings. The average molecular weight is 582 g/mol. The highest BCUT2D eigenvalue weighted by molar-refractivity contribution is 5.93. The van der Waals surface area contributed by atoms with Gasteiger partial charge in [-0.05, 0) is 36.3 Å². The fraction of sp³-hybridized carbons (Fsp3) is 0.500. The number of ether oxygens (including phenoxy) is 1. The van der Waals surface area contributed by atoms with Gasteiger partial charge in [-0.2, -0.15) is 5.10 Å². The first-order valence-corrected chi connectivity index (χ1v) is 15.3. The predicted molar refractivity (Wildman–Crippen MR) is 162 cm³/mol. The highest BCUT2D eigenvalue weighted by atomic mass is 19.1. The lowest BCUT2D eigenvalue weighted by molar-refractivity contribution is -0.114. The van der Waals surface area contributed by atoms with Gasteiger partial charge in [-0.15, -0.1) is 0 Å². The van der Waals surface area contributed by atoms with Crippen LogP contribution in [-0.4, -0.2) is 32.3 Å². The molecule has 0 aliphatic heterocycles. The Morgan fingerprint density at radius 2 is 1.57 bits per heavy atom. The summed E-state index contributed by atoms with van der Waals surface area (Å²) in [7, 11) is 0. The lowest BCUT2D eigenvalue weighted by atomic mass is 9.94. The normalized spacial score (nSPS) is 13.0. The lowest BCUT2D eigenvalue weighted by Crippen LogP contribution is -2.39. The van der Waals surface area contributed by atoms with Gasteiger partial charge in [0, 0.05) is 18.1 Å². The summed E-state index contributed by atoms with van der Waals surface area (Å²) in [6.07, 6.45) is 21.8. The second-order valence-electron chi connectivity index (χ2n) is 11.0. The standard InChI is InChI=1S/C34H45F2N3O3/c1-2-3-4-5-6-7-8-9-10-11-12-13-14-30(40)19-15-28-16-20-31(21-17-28)42-25-34(41,24-39-27-37-26-38-39)32-22-18-29(35)23-33(32)36/h15-23,26-27,41H,2-14,24-25H2,1H3/b19-15+. The molecule has 0 saturated heterocycles. The molecule has 0 fully saturated rings. The van der Waals surface area contributed by atoms with Crippen molar-refractivity contribution in [3.63, 3.8) is 0 Å². The number of halogens is 2. The van der Waals surface area contributed by atoms with Crippen LogP contribution in [0.15, 0.2) is 61.2 Å². The van der Waals surface area contributed by atoms with E-state index in [1.54, 1.807) is 36.4 Å². The molecule has 0 amide bonds. The van der Waals surface area contributed by atoms with Gasteiger partial charge < -0.3 is 9.84 Å². The third kappa shape index (κ3) is 11.8. The Labute approximate surface area is 248 Å². The van der Waals surface area contributed by atoms with E-state index in [0.717, 1.165) is 30.5 Å². The zero-order chi connectivity index (χ0) is 30.0. The van der Waals surface area contributed by atoms with E-state index in [1.165, 1.54) is 87.6 Å². The molecule has 0 aliphatic carbocycles. The SMILES string of the molecule is CCCCCCCCCCCCCCC(=O)/C=C/c1ccc(OCC(O)(Cn2cncn2)c2ccc(F)cc2F)cc1. The average Bonchev–Trinajstić information content (AvgIpc) is 3.49. The molecular formula is C34H45F2N3O3. The molecule has 0 spiro atoms. The van der Waals surface area contributed by atoms with Crippen molar-refractivity contribution in [2.75, 3.05) is 6.61 Å². The molecular weight excluding hydrogens is 536 g/mol. The highest BCUT2D eigenvalue weighted by Crippen LogP contribution is 2.28. The van der Waals surface area contributed by atoms with Crippen molar-refractivity contribution in [2.45, 2.75) is 103 Å². The third-order valence-electron chi connectivity index (χ3n) is 7.42. The number of nitrogens with zero attached hydrogens (tertiary/aromatic N) is 3. The van der Waals surface area contributed by atoms with E-state index in [0.29, 0.717) is 12.2 Å². The zero-order valence-electron chi connectivity index (χ0n) is 24.8. The van der Waals surface area contributed by atoms with Crippen molar-refractivity contribution in [1.82, 2.24) is 14.8 Å². The van der Waals surface area contributed by atoms with Gasteiger partial charge in [0.15, 0.2) is 5.78 Å². The van der Waals surface area contributed by atoms with Gasteiger partial charge in [0.05, 0.1) is 6.54 Å². The molecule has 0 saturated carbocycles. The van der Waals surface area contributed by atoms with E-state index in [4.69, 9.17) is 4.74 Å². The maximum Gasteiger partial charge on any atom is 0.155 e. The van der Waals surface area contributed by atoms with Crippen LogP contribution in [0, 0.1) is 11.6 Å². The van der Waals surface area contributed by atoms with Crippen LogP contribution in [0.1, 0.15) is 102 Å². The van der Waals surface area contributed by atoms with Gasteiger partial charge in [-0.25, -0.2) is 18.4 Å². The highest BCUT2D eigenvalue weighted by Gasteiger charge is 2.34. The molecule has 42 heavy (non-hydrogen) atoms. The van der Waals surface area contributed by atoms with Crippen LogP contribution < -0.4 is 4.74 Å². The van der Waals surface area contributed by atoms with Gasteiger partial charge in [0.25, 0.3) is 0 Å². The van der Waals surface area contributed by atoms with Crippen LogP contribution in [0.2, 0.25) is 0 Å². The smallest absolute Gasteiger partial charge is 0.155 e. The molecule has 3 rings (SSSR count). The summed E-state index contributed by atoms with van der Waals surface area (Å²) >= 11 is 0. The van der Waals surface area contributed by atoms with Gasteiger partial charge in [-0.1, -0.05) is 102 Å². The van der Waals surface area contributed by atoms with Crippen LogP contribution in [0.25, 0.3) is 6.08 Å². The molecule has 1 heterocycles. The van der Waals surface area contributed by atoms with E-state index >= 15 is 0 Å². The molecule has 1 N–H and O–H groups in total. The molecule has 8 heteroatoms. The fourth-order valence-corrected chi connectivity index (χ4v) is 4.95. The van der Waals surface area contributed by atoms with Gasteiger partial charge in [0.2, 0.25) is 0 Å². The summed E-state index contributed by atoms with van der Waals surface area (Å²) in [6.45, 7) is 1.80. The van der Waals surface area contributed by atoms with Crippen molar-refractivity contribution >= 4 is 11.9 Å². The first kappa shape index (κ1) is 33.1. The minimum absolute atomic E-state index is 0.106. The minimum Gasteiger partial charge on any atom is -0.490 e. The molecule has 6 nitrogen and oxygen atoms in total. The predicted octanol–water partition coefficient (Wildman–Crippen LogP) is 8.20. The van der Waals surface area contributed by atoms with Crippen molar-refractivity contribution in [2.24, 2.45) is 0 Å². The number of aliphatic hydroxyl groups is 1. The second-order valence-corrected chi connectivity index (χ2v) is 11.0. The summed E-state index contributed by atoms with van der Waals surface area (Å²) < 4.78 is 35.2. The Hall–Kier alpha value is -3.39. The summed E-state index contributed by atoms with van der Waals surface area (Å²) in [5, 5.41) is 15.3. The number of aromatic nitrogens is 3. The molecule has 228 valence electrons. The maximum absolute atomic E-state index is 14.6. The number of carbonyl (C=O) groups excluding carboxylic acids is 1. The monoisotopic (exact) mass is 581 g/mol. The van der Waals surface area contributed by atoms with E-state index < -0.39 is 17.2 Å². The number of ketones is 1. The van der Waals surface area contributed by atoms with Crippen LogP contribution in [0.5, 0.6) is 5.75 Å². The number of carbonyl (C=O) groups is 1. The van der Waals surface area contributed by atoms with Crippen molar-refractivity contribution in [3.8, 4) is 5.75 Å². The Bertz CT molecular complexity index is 1220. The Balaban J connectivity index is 1.39. The van der Waals surface area contributed by atoms with Crippen LogP contribution in [0.4, 0.5) is 8.78 Å². The summed E-state index contributed by atoms with van der Waals surface area (Å²) in [5.41, 5.74) is -1.09. The van der Waals surface area contributed by atoms with Gasteiger partial charge >= 0.3 is 0 Å². The largest absolute Gasteiger partial charge is 0.490 e. The van der Waals surface area contributed by atoms with Gasteiger partial charge in [-0.3, -0.25) is 4.79 Å². The summed E-state index contributed by atoms with van der Waals surface area (Å²) in [5.74, 6) is -1.05. The number of hydrogen-bond donors (Lipinski definition) is 1. The van der Waals surface area contributed by atoms with E-state index in [2.05, 4.69) is 17.0 Å².